The van der Waals surface area contributed by atoms with Crippen molar-refractivity contribution < 1.29 is 23.8 Å². The van der Waals surface area contributed by atoms with E-state index >= 15 is 0 Å². The molecule has 1 amide bonds. The number of methoxy groups -OCH3 is 2. The van der Waals surface area contributed by atoms with Gasteiger partial charge in [-0.15, -0.1) is 0 Å². The maximum Gasteiger partial charge on any atom is 0.328 e. The lowest BCUT2D eigenvalue weighted by atomic mass is 10.0. The SMILES string of the molecule is CCOC(=O)[C@H]1CCCCN1C(=O)CN1CCC[C@@H]1c1cc(OC)ccc1OC. The molecule has 2 saturated heterocycles. The van der Waals surface area contributed by atoms with Crippen molar-refractivity contribution in [3.05, 3.63) is 23.8 Å². The van der Waals surface area contributed by atoms with Crippen LogP contribution in [-0.4, -0.2) is 68.2 Å². The number of carbonyl (C=O) groups is 2. The van der Waals surface area contributed by atoms with Gasteiger partial charge < -0.3 is 19.1 Å². The Hall–Kier alpha value is -2.28. The lowest BCUT2D eigenvalue weighted by Crippen LogP contribution is -2.51. The molecule has 1 aromatic carbocycles. The lowest BCUT2D eigenvalue weighted by Gasteiger charge is -2.36. The zero-order valence-electron chi connectivity index (χ0n) is 17.7. The van der Waals surface area contributed by atoms with Gasteiger partial charge in [-0.05, 0) is 63.8 Å². The minimum Gasteiger partial charge on any atom is -0.497 e. The molecule has 2 fully saturated rings. The van der Waals surface area contributed by atoms with Gasteiger partial charge in [0.05, 0.1) is 27.4 Å². The quantitative estimate of drug-likeness (QED) is 0.651. The molecule has 7 heteroatoms. The van der Waals surface area contributed by atoms with Crippen LogP contribution < -0.4 is 9.47 Å². The van der Waals surface area contributed by atoms with Crippen LogP contribution >= 0.6 is 0 Å². The Labute approximate surface area is 172 Å². The van der Waals surface area contributed by atoms with E-state index in [0.717, 1.165) is 49.3 Å². The van der Waals surface area contributed by atoms with Crippen LogP contribution in [0.4, 0.5) is 0 Å². The van der Waals surface area contributed by atoms with Gasteiger partial charge in [0.2, 0.25) is 5.91 Å². The number of amides is 1. The Morgan fingerprint density at radius 1 is 1.07 bits per heavy atom. The average Bonchev–Trinajstić information content (AvgIpc) is 3.21. The summed E-state index contributed by atoms with van der Waals surface area (Å²) in [5, 5.41) is 0. The third-order valence-electron chi connectivity index (χ3n) is 5.88. The van der Waals surface area contributed by atoms with Gasteiger partial charge >= 0.3 is 5.97 Å². The van der Waals surface area contributed by atoms with Crippen LogP contribution in [0.3, 0.4) is 0 Å². The molecule has 3 rings (SSSR count). The van der Waals surface area contributed by atoms with E-state index in [1.807, 2.05) is 18.2 Å². The highest BCUT2D eigenvalue weighted by molar-refractivity contribution is 5.86. The molecule has 160 valence electrons. The maximum atomic E-state index is 13.1. The van der Waals surface area contributed by atoms with E-state index in [-0.39, 0.29) is 17.9 Å². The number of piperidine rings is 1. The van der Waals surface area contributed by atoms with Crippen molar-refractivity contribution in [2.75, 3.05) is 40.5 Å². The summed E-state index contributed by atoms with van der Waals surface area (Å²) in [5.41, 5.74) is 1.04. The van der Waals surface area contributed by atoms with Gasteiger partial charge in [0, 0.05) is 18.2 Å². The molecule has 2 atom stereocenters. The minimum atomic E-state index is -0.455. The summed E-state index contributed by atoms with van der Waals surface area (Å²) >= 11 is 0. The molecule has 2 heterocycles. The van der Waals surface area contributed by atoms with Crippen LogP contribution in [0.25, 0.3) is 0 Å². The predicted molar refractivity (Wildman–Crippen MR) is 109 cm³/mol. The third kappa shape index (κ3) is 4.83. The minimum absolute atomic E-state index is 0.00323. The zero-order valence-corrected chi connectivity index (χ0v) is 17.7. The molecule has 1 aromatic rings. The first-order chi connectivity index (χ1) is 14.1. The van der Waals surface area contributed by atoms with E-state index < -0.39 is 6.04 Å². The van der Waals surface area contributed by atoms with Crippen LogP contribution in [0.2, 0.25) is 0 Å². The first-order valence-corrected chi connectivity index (χ1v) is 10.5. The van der Waals surface area contributed by atoms with E-state index in [4.69, 9.17) is 14.2 Å². The molecular weight excluding hydrogens is 372 g/mol. The van der Waals surface area contributed by atoms with Crippen molar-refractivity contribution in [3.63, 3.8) is 0 Å². The lowest BCUT2D eigenvalue weighted by molar-refractivity contribution is -0.157. The van der Waals surface area contributed by atoms with Crippen molar-refractivity contribution in [3.8, 4) is 11.5 Å². The van der Waals surface area contributed by atoms with Crippen molar-refractivity contribution in [2.24, 2.45) is 0 Å². The summed E-state index contributed by atoms with van der Waals surface area (Å²) in [4.78, 5) is 29.4. The van der Waals surface area contributed by atoms with Crippen LogP contribution in [0, 0.1) is 0 Å². The number of carbonyl (C=O) groups excluding carboxylic acids is 2. The summed E-state index contributed by atoms with van der Waals surface area (Å²) in [6.45, 7) is 3.88. The first kappa shape index (κ1) is 21.4. The molecule has 0 spiro atoms. The van der Waals surface area contributed by atoms with E-state index in [1.54, 1.807) is 26.0 Å². The average molecular weight is 405 g/mol. The van der Waals surface area contributed by atoms with Crippen LogP contribution in [-0.2, 0) is 14.3 Å². The molecule has 0 unspecified atom stereocenters. The fraction of sp³-hybridized carbons (Fsp3) is 0.636. The Kier molecular flexibility index (Phi) is 7.36. The molecule has 0 aromatic heterocycles. The topological polar surface area (TPSA) is 68.3 Å². The number of nitrogens with zero attached hydrogens (tertiary/aromatic N) is 2. The summed E-state index contributed by atoms with van der Waals surface area (Å²) in [6, 6.07) is 5.42. The van der Waals surface area contributed by atoms with E-state index in [1.165, 1.54) is 0 Å². The fourth-order valence-electron chi connectivity index (χ4n) is 4.45. The van der Waals surface area contributed by atoms with Gasteiger partial charge in [-0.3, -0.25) is 9.69 Å². The molecule has 2 aliphatic rings. The number of likely N-dealkylation sites (tertiary alicyclic amines) is 2. The maximum absolute atomic E-state index is 13.1. The van der Waals surface area contributed by atoms with Gasteiger partial charge in [0.1, 0.15) is 17.5 Å². The summed E-state index contributed by atoms with van der Waals surface area (Å²) in [5.74, 6) is 1.29. The number of hydrogen-bond donors (Lipinski definition) is 0. The molecule has 0 aliphatic carbocycles. The van der Waals surface area contributed by atoms with E-state index in [9.17, 15) is 9.59 Å². The van der Waals surface area contributed by atoms with Crippen molar-refractivity contribution >= 4 is 11.9 Å². The number of hydrogen-bond acceptors (Lipinski definition) is 6. The van der Waals surface area contributed by atoms with Crippen LogP contribution in [0.1, 0.15) is 50.6 Å². The molecule has 0 saturated carbocycles. The third-order valence-corrected chi connectivity index (χ3v) is 5.88. The molecular formula is C22H32N2O5. The van der Waals surface area contributed by atoms with E-state index in [2.05, 4.69) is 4.90 Å². The zero-order chi connectivity index (χ0) is 20.8. The van der Waals surface area contributed by atoms with Gasteiger partial charge in [0.15, 0.2) is 0 Å². The van der Waals surface area contributed by atoms with Gasteiger partial charge in [-0.1, -0.05) is 0 Å². The Balaban J connectivity index is 1.75. The second kappa shape index (κ2) is 9.96. The number of esters is 1. The number of rotatable bonds is 7. The fourth-order valence-corrected chi connectivity index (χ4v) is 4.45. The smallest absolute Gasteiger partial charge is 0.328 e. The molecule has 7 nitrogen and oxygen atoms in total. The summed E-state index contributed by atoms with van der Waals surface area (Å²) in [7, 11) is 3.31. The molecule has 0 radical (unpaired) electrons. The highest BCUT2D eigenvalue weighted by atomic mass is 16.5. The Morgan fingerprint density at radius 2 is 1.90 bits per heavy atom. The van der Waals surface area contributed by atoms with Gasteiger partial charge in [-0.2, -0.15) is 0 Å². The molecule has 0 N–H and O–H groups in total. The predicted octanol–water partition coefficient (Wildman–Crippen LogP) is 2.78. The normalized spacial score (nSPS) is 22.4. The summed E-state index contributed by atoms with van der Waals surface area (Å²) in [6.07, 6.45) is 4.52. The molecule has 2 aliphatic heterocycles. The Bertz CT molecular complexity index is 723. The van der Waals surface area contributed by atoms with Crippen LogP contribution in [0.15, 0.2) is 18.2 Å². The second-order valence-corrected chi connectivity index (χ2v) is 7.59. The Morgan fingerprint density at radius 3 is 2.62 bits per heavy atom. The monoisotopic (exact) mass is 404 g/mol. The summed E-state index contributed by atoms with van der Waals surface area (Å²) < 4.78 is 16.2. The van der Waals surface area contributed by atoms with Crippen molar-refractivity contribution in [2.45, 2.75) is 51.1 Å². The van der Waals surface area contributed by atoms with Gasteiger partial charge in [-0.25, -0.2) is 4.79 Å². The highest BCUT2D eigenvalue weighted by Gasteiger charge is 2.36. The number of benzene rings is 1. The van der Waals surface area contributed by atoms with Crippen LogP contribution in [0.5, 0.6) is 11.5 Å². The standard InChI is InChI=1S/C22H32N2O5/c1-4-29-22(26)19-8-5-6-13-24(19)21(25)15-23-12-7-9-18(23)17-14-16(27-2)10-11-20(17)28-3/h10-11,14,18-19H,4-9,12-13,15H2,1-3H3/t18-,19-/m1/s1. The highest BCUT2D eigenvalue weighted by Crippen LogP contribution is 2.38. The van der Waals surface area contributed by atoms with Gasteiger partial charge in [0.25, 0.3) is 0 Å². The number of ether oxygens (including phenoxy) is 3. The first-order valence-electron chi connectivity index (χ1n) is 10.5. The molecule has 0 bridgehead atoms. The largest absolute Gasteiger partial charge is 0.497 e. The molecule has 29 heavy (non-hydrogen) atoms. The van der Waals surface area contributed by atoms with Crippen molar-refractivity contribution in [1.82, 2.24) is 9.80 Å². The second-order valence-electron chi connectivity index (χ2n) is 7.59. The van der Waals surface area contributed by atoms with Crippen molar-refractivity contribution in [1.29, 1.82) is 0 Å². The van der Waals surface area contributed by atoms with E-state index in [0.29, 0.717) is 26.1 Å².